The molecule has 5 heteroatoms. The molecule has 0 saturated heterocycles. The SMILES string of the molecule is NC1CCC1ON1SN=Cc2ccccc21. The van der Waals surface area contributed by atoms with Crippen LogP contribution in [0.15, 0.2) is 28.7 Å². The van der Waals surface area contributed by atoms with Gasteiger partial charge in [0.1, 0.15) is 18.2 Å². The second-order valence-electron chi connectivity index (χ2n) is 4.02. The topological polar surface area (TPSA) is 50.9 Å². The smallest absolute Gasteiger partial charge is 0.120 e. The number of para-hydroxylation sites is 1. The zero-order chi connectivity index (χ0) is 11.0. The van der Waals surface area contributed by atoms with Crippen LogP contribution >= 0.6 is 12.1 Å². The summed E-state index contributed by atoms with van der Waals surface area (Å²) in [6, 6.07) is 8.20. The lowest BCUT2D eigenvalue weighted by molar-refractivity contribution is -0.00323. The largest absolute Gasteiger partial charge is 0.325 e. The molecule has 16 heavy (non-hydrogen) atoms. The number of nitrogens with zero attached hydrogens (tertiary/aromatic N) is 2. The second-order valence-corrected chi connectivity index (χ2v) is 4.72. The second kappa shape index (κ2) is 4.08. The van der Waals surface area contributed by atoms with Crippen LogP contribution in [-0.2, 0) is 4.84 Å². The van der Waals surface area contributed by atoms with Gasteiger partial charge in [0.25, 0.3) is 0 Å². The van der Waals surface area contributed by atoms with Gasteiger partial charge in [-0.2, -0.15) is 4.47 Å². The van der Waals surface area contributed by atoms with Crippen molar-refractivity contribution >= 4 is 24.0 Å². The number of hydrogen-bond acceptors (Lipinski definition) is 5. The van der Waals surface area contributed by atoms with Crippen molar-refractivity contribution in [2.45, 2.75) is 25.0 Å². The molecule has 2 N–H and O–H groups in total. The van der Waals surface area contributed by atoms with E-state index in [4.69, 9.17) is 10.6 Å². The number of benzene rings is 1. The van der Waals surface area contributed by atoms with Crippen LogP contribution in [0, 0.1) is 0 Å². The number of fused-ring (bicyclic) bond motifs is 1. The quantitative estimate of drug-likeness (QED) is 0.796. The molecule has 2 atom stereocenters. The van der Waals surface area contributed by atoms with Gasteiger partial charge in [0.2, 0.25) is 0 Å². The summed E-state index contributed by atoms with van der Waals surface area (Å²) in [6.07, 6.45) is 4.06. The average Bonchev–Trinajstić information content (AvgIpc) is 2.34. The number of anilines is 1. The van der Waals surface area contributed by atoms with Crippen LogP contribution in [0.5, 0.6) is 0 Å². The normalized spacial score (nSPS) is 27.4. The molecule has 1 saturated carbocycles. The third-order valence-electron chi connectivity index (χ3n) is 2.94. The first-order valence-electron chi connectivity index (χ1n) is 5.36. The van der Waals surface area contributed by atoms with Crippen molar-refractivity contribution in [3.05, 3.63) is 29.8 Å². The van der Waals surface area contributed by atoms with Crippen LogP contribution < -0.4 is 10.2 Å². The van der Waals surface area contributed by atoms with Gasteiger partial charge in [-0.05, 0) is 18.9 Å². The number of hydrogen-bond donors (Lipinski definition) is 1. The molecular weight excluding hydrogens is 222 g/mol. The molecule has 1 aromatic rings. The highest BCUT2D eigenvalue weighted by molar-refractivity contribution is 7.99. The molecule has 0 amide bonds. The van der Waals surface area contributed by atoms with Crippen LogP contribution in [-0.4, -0.2) is 18.4 Å². The summed E-state index contributed by atoms with van der Waals surface area (Å²) in [5.41, 5.74) is 7.98. The van der Waals surface area contributed by atoms with E-state index in [1.165, 1.54) is 12.1 Å². The fraction of sp³-hybridized carbons (Fsp3) is 0.364. The lowest BCUT2D eigenvalue weighted by Crippen LogP contribution is -2.48. The monoisotopic (exact) mass is 235 g/mol. The lowest BCUT2D eigenvalue weighted by atomic mass is 9.90. The van der Waals surface area contributed by atoms with Crippen molar-refractivity contribution in [1.82, 2.24) is 0 Å². The Balaban J connectivity index is 1.79. The van der Waals surface area contributed by atoms with E-state index >= 15 is 0 Å². The molecule has 1 aromatic carbocycles. The summed E-state index contributed by atoms with van der Waals surface area (Å²) in [7, 11) is 0. The van der Waals surface area contributed by atoms with Gasteiger partial charge in [-0.3, -0.25) is 4.84 Å². The van der Waals surface area contributed by atoms with Crippen LogP contribution in [0.3, 0.4) is 0 Å². The highest BCUT2D eigenvalue weighted by atomic mass is 32.2. The fourth-order valence-corrected chi connectivity index (χ4v) is 2.40. The van der Waals surface area contributed by atoms with E-state index < -0.39 is 0 Å². The Hall–Kier alpha value is -1.04. The first kappa shape index (κ1) is 10.1. The lowest BCUT2D eigenvalue weighted by Gasteiger charge is -2.37. The molecule has 84 valence electrons. The Labute approximate surface area is 98.7 Å². The van der Waals surface area contributed by atoms with E-state index in [1.54, 1.807) is 4.47 Å². The van der Waals surface area contributed by atoms with Crippen molar-refractivity contribution in [3.8, 4) is 0 Å². The van der Waals surface area contributed by atoms with Gasteiger partial charge in [0.15, 0.2) is 0 Å². The van der Waals surface area contributed by atoms with Crippen molar-refractivity contribution in [2.75, 3.05) is 4.47 Å². The maximum Gasteiger partial charge on any atom is 0.120 e. The minimum absolute atomic E-state index is 0.133. The van der Waals surface area contributed by atoms with Crippen LogP contribution in [0.4, 0.5) is 5.69 Å². The van der Waals surface area contributed by atoms with Gasteiger partial charge in [0, 0.05) is 17.8 Å². The molecule has 2 unspecified atom stereocenters. The summed E-state index contributed by atoms with van der Waals surface area (Å²) in [6.45, 7) is 0. The fourth-order valence-electron chi connectivity index (χ4n) is 1.76. The Kier molecular flexibility index (Phi) is 2.59. The van der Waals surface area contributed by atoms with Crippen LogP contribution in [0.25, 0.3) is 0 Å². The minimum Gasteiger partial charge on any atom is -0.325 e. The van der Waals surface area contributed by atoms with Gasteiger partial charge in [-0.1, -0.05) is 18.2 Å². The van der Waals surface area contributed by atoms with E-state index in [0.29, 0.717) is 0 Å². The minimum atomic E-state index is 0.133. The Morgan fingerprint density at radius 2 is 2.25 bits per heavy atom. The molecule has 4 nitrogen and oxygen atoms in total. The first-order valence-corrected chi connectivity index (χ1v) is 6.09. The Morgan fingerprint density at radius 3 is 3.00 bits per heavy atom. The molecule has 0 radical (unpaired) electrons. The summed E-state index contributed by atoms with van der Waals surface area (Å²) in [5, 5.41) is 0. The molecule has 1 heterocycles. The molecule has 1 aliphatic carbocycles. The average molecular weight is 235 g/mol. The molecule has 0 aromatic heterocycles. The molecule has 0 bridgehead atoms. The molecule has 0 spiro atoms. The number of nitrogens with two attached hydrogens (primary N) is 1. The standard InChI is InChI=1S/C11H13N3OS/c12-9-5-6-11(9)15-14-10-4-2-1-3-8(10)7-13-16-14/h1-4,7,9,11H,5-6,12H2. The van der Waals surface area contributed by atoms with E-state index in [-0.39, 0.29) is 12.1 Å². The van der Waals surface area contributed by atoms with Crippen molar-refractivity contribution in [2.24, 2.45) is 10.1 Å². The zero-order valence-corrected chi connectivity index (χ0v) is 9.56. The Bertz CT molecular complexity index is 423. The Morgan fingerprint density at radius 1 is 1.38 bits per heavy atom. The highest BCUT2D eigenvalue weighted by Crippen LogP contribution is 2.34. The van der Waals surface area contributed by atoms with E-state index in [9.17, 15) is 0 Å². The van der Waals surface area contributed by atoms with E-state index in [1.807, 2.05) is 30.5 Å². The van der Waals surface area contributed by atoms with Gasteiger partial charge in [0.05, 0.1) is 5.69 Å². The third-order valence-corrected chi connectivity index (χ3v) is 3.57. The molecule has 3 rings (SSSR count). The zero-order valence-electron chi connectivity index (χ0n) is 8.74. The van der Waals surface area contributed by atoms with Crippen molar-refractivity contribution in [1.29, 1.82) is 0 Å². The highest BCUT2D eigenvalue weighted by Gasteiger charge is 2.32. The maximum atomic E-state index is 5.86. The van der Waals surface area contributed by atoms with Crippen molar-refractivity contribution in [3.63, 3.8) is 0 Å². The predicted octanol–water partition coefficient (Wildman–Crippen LogP) is 1.91. The van der Waals surface area contributed by atoms with Gasteiger partial charge in [-0.25, -0.2) is 4.40 Å². The van der Waals surface area contributed by atoms with E-state index in [2.05, 4.69) is 4.40 Å². The van der Waals surface area contributed by atoms with Gasteiger partial charge in [-0.15, -0.1) is 0 Å². The summed E-state index contributed by atoms with van der Waals surface area (Å²) >= 11 is 1.31. The van der Waals surface area contributed by atoms with Crippen LogP contribution in [0.2, 0.25) is 0 Å². The summed E-state index contributed by atoms with van der Waals surface area (Å²) in [5.74, 6) is 0. The maximum absolute atomic E-state index is 5.86. The van der Waals surface area contributed by atoms with Crippen LogP contribution in [0.1, 0.15) is 18.4 Å². The van der Waals surface area contributed by atoms with Gasteiger partial charge < -0.3 is 5.73 Å². The first-order chi connectivity index (χ1) is 7.84. The number of rotatable bonds is 2. The summed E-state index contributed by atoms with van der Waals surface area (Å²) in [4.78, 5) is 5.82. The molecule has 1 aliphatic heterocycles. The predicted molar refractivity (Wildman–Crippen MR) is 66.2 cm³/mol. The van der Waals surface area contributed by atoms with Gasteiger partial charge >= 0.3 is 0 Å². The molecular formula is C11H13N3OS. The third kappa shape index (κ3) is 1.71. The summed E-state index contributed by atoms with van der Waals surface area (Å²) < 4.78 is 5.95. The molecule has 2 aliphatic rings. The molecule has 1 fully saturated rings. The van der Waals surface area contributed by atoms with E-state index in [0.717, 1.165) is 24.1 Å². The van der Waals surface area contributed by atoms with Crippen molar-refractivity contribution < 1.29 is 4.84 Å².